The molecule has 0 aromatic heterocycles. The summed E-state index contributed by atoms with van der Waals surface area (Å²) in [4.78, 5) is 25.6. The smallest absolute Gasteiger partial charge is 0.319 e. The Kier molecular flexibility index (Phi) is 6.93. The summed E-state index contributed by atoms with van der Waals surface area (Å²) in [6.07, 6.45) is 6.80. The van der Waals surface area contributed by atoms with Crippen LogP contribution in [0.25, 0.3) is 0 Å². The molecule has 168 valence electrons. The Morgan fingerprint density at radius 2 is 1.90 bits per heavy atom. The Labute approximate surface area is 186 Å². The minimum absolute atomic E-state index is 0.0475. The third-order valence-corrected chi connectivity index (χ3v) is 6.45. The molecule has 11 heteroatoms. The lowest BCUT2D eigenvalue weighted by Gasteiger charge is -2.27. The van der Waals surface area contributed by atoms with Crippen LogP contribution in [0, 0.1) is 0 Å². The number of primary amides is 1. The number of amides is 3. The van der Waals surface area contributed by atoms with Crippen molar-refractivity contribution >= 4 is 33.4 Å². The number of hydrogen-bond acceptors (Lipinski definition) is 6. The number of sulfone groups is 1. The summed E-state index contributed by atoms with van der Waals surface area (Å²) in [7, 11) is -3.50. The first-order valence-corrected chi connectivity index (χ1v) is 12.0. The van der Waals surface area contributed by atoms with Gasteiger partial charge in [0.25, 0.3) is 5.91 Å². The molecule has 1 heterocycles. The summed E-state index contributed by atoms with van der Waals surface area (Å²) in [5.41, 5.74) is 11.6. The molecule has 0 saturated heterocycles. The van der Waals surface area contributed by atoms with Gasteiger partial charge in [-0.05, 0) is 50.0 Å². The number of urea groups is 1. The van der Waals surface area contributed by atoms with Gasteiger partial charge in [0.2, 0.25) is 0 Å². The normalized spacial score (nSPS) is 21.7. The second kappa shape index (κ2) is 9.29. The van der Waals surface area contributed by atoms with E-state index in [-0.39, 0.29) is 40.6 Å². The molecule has 0 radical (unpaired) electrons. The maximum atomic E-state index is 13.0. The van der Waals surface area contributed by atoms with Gasteiger partial charge in [-0.15, -0.1) is 0 Å². The van der Waals surface area contributed by atoms with E-state index in [1.807, 2.05) is 0 Å². The minimum atomic E-state index is -3.50. The summed E-state index contributed by atoms with van der Waals surface area (Å²) in [5, 5.41) is 2.97. The fourth-order valence-electron chi connectivity index (χ4n) is 3.44. The number of ether oxygens (including phenoxy) is 1. The Bertz CT molecular complexity index is 1050. The molecule has 0 spiro atoms. The van der Waals surface area contributed by atoms with Crippen LogP contribution < -0.4 is 21.5 Å². The van der Waals surface area contributed by atoms with E-state index in [4.69, 9.17) is 27.8 Å². The number of carbonyl (C=O) groups excluding carboxylic acids is 2. The molecule has 3 amide bonds. The predicted molar refractivity (Wildman–Crippen MR) is 116 cm³/mol. The van der Waals surface area contributed by atoms with E-state index in [9.17, 15) is 18.0 Å². The molecule has 0 unspecified atom stereocenters. The first-order chi connectivity index (χ1) is 14.5. The lowest BCUT2D eigenvalue weighted by atomic mass is 9.93. The van der Waals surface area contributed by atoms with Gasteiger partial charge in [0.1, 0.15) is 5.75 Å². The van der Waals surface area contributed by atoms with Gasteiger partial charge >= 0.3 is 6.03 Å². The summed E-state index contributed by atoms with van der Waals surface area (Å²) in [5.74, 6) is -0.375. The number of rotatable bonds is 5. The molecule has 31 heavy (non-hydrogen) atoms. The molecule has 1 aromatic carbocycles. The van der Waals surface area contributed by atoms with E-state index < -0.39 is 21.8 Å². The fourth-order valence-corrected chi connectivity index (χ4v) is 4.32. The SMILES string of the molecule is CS(=O)(=O)c1ccc(C(=O)NC2=CN(C(N)=O)CC(Cl)=C2)c(OC2CCC(N)CC2)c1. The highest BCUT2D eigenvalue weighted by Gasteiger charge is 2.24. The van der Waals surface area contributed by atoms with Crippen LogP contribution in [-0.4, -0.2) is 50.2 Å². The predicted octanol–water partition coefficient (Wildman–Crippen LogP) is 1.83. The van der Waals surface area contributed by atoms with E-state index in [0.717, 1.165) is 24.0 Å². The fraction of sp³-hybridized carbons (Fsp3) is 0.400. The number of nitrogens with two attached hydrogens (primary N) is 2. The summed E-state index contributed by atoms with van der Waals surface area (Å²) in [6.45, 7) is 0.109. The quantitative estimate of drug-likeness (QED) is 0.601. The van der Waals surface area contributed by atoms with Crippen LogP contribution >= 0.6 is 11.6 Å². The highest BCUT2D eigenvalue weighted by molar-refractivity contribution is 7.90. The molecular weight excluding hydrogens is 444 g/mol. The topological polar surface area (TPSA) is 145 Å². The number of nitrogens with zero attached hydrogens (tertiary/aromatic N) is 1. The molecule has 1 aliphatic carbocycles. The maximum absolute atomic E-state index is 13.0. The monoisotopic (exact) mass is 468 g/mol. The van der Waals surface area contributed by atoms with Crippen LogP contribution in [0.2, 0.25) is 0 Å². The van der Waals surface area contributed by atoms with Crippen molar-refractivity contribution in [1.82, 2.24) is 10.2 Å². The standard InChI is InChI=1S/C20H25ClN4O5S/c1-31(28,29)16-6-7-17(18(9-16)30-15-4-2-13(22)3-5-15)19(26)24-14-8-12(21)10-25(11-14)20(23)27/h6-9,11,13,15H,2-5,10,22H2,1H3,(H2,23,27)(H,24,26). The number of benzene rings is 1. The third kappa shape index (κ3) is 5.99. The van der Waals surface area contributed by atoms with Crippen LogP contribution in [0.1, 0.15) is 36.0 Å². The van der Waals surface area contributed by atoms with Crippen molar-refractivity contribution in [2.24, 2.45) is 11.5 Å². The number of halogens is 1. The zero-order chi connectivity index (χ0) is 22.8. The lowest BCUT2D eigenvalue weighted by molar-refractivity contribution is 0.0952. The molecule has 2 aliphatic rings. The molecule has 0 atom stereocenters. The van der Waals surface area contributed by atoms with E-state index in [0.29, 0.717) is 17.9 Å². The number of hydrogen-bond donors (Lipinski definition) is 3. The Balaban J connectivity index is 1.88. The molecule has 3 rings (SSSR count). The summed E-state index contributed by atoms with van der Waals surface area (Å²) in [6, 6.07) is 3.51. The van der Waals surface area contributed by atoms with Gasteiger partial charge in [-0.2, -0.15) is 0 Å². The zero-order valence-electron chi connectivity index (χ0n) is 17.0. The molecule has 1 fully saturated rings. The zero-order valence-corrected chi connectivity index (χ0v) is 18.6. The van der Waals surface area contributed by atoms with E-state index in [2.05, 4.69) is 5.32 Å². The lowest BCUT2D eigenvalue weighted by Crippen LogP contribution is -2.36. The summed E-state index contributed by atoms with van der Waals surface area (Å²) < 4.78 is 30.0. The molecule has 1 aliphatic heterocycles. The Morgan fingerprint density at radius 1 is 1.23 bits per heavy atom. The van der Waals surface area contributed by atoms with Crippen molar-refractivity contribution in [3.05, 3.63) is 46.8 Å². The molecular formula is C20H25ClN4O5S. The van der Waals surface area contributed by atoms with Gasteiger partial charge < -0.3 is 21.5 Å². The van der Waals surface area contributed by atoms with Crippen molar-refractivity contribution < 1.29 is 22.7 Å². The van der Waals surface area contributed by atoms with E-state index in [1.54, 1.807) is 0 Å². The molecule has 1 saturated carbocycles. The largest absolute Gasteiger partial charge is 0.490 e. The molecule has 9 nitrogen and oxygen atoms in total. The molecule has 5 N–H and O–H groups in total. The van der Waals surface area contributed by atoms with Gasteiger partial charge in [0, 0.05) is 23.5 Å². The van der Waals surface area contributed by atoms with Crippen molar-refractivity contribution in [1.29, 1.82) is 0 Å². The van der Waals surface area contributed by atoms with Gasteiger partial charge in [-0.3, -0.25) is 9.69 Å². The minimum Gasteiger partial charge on any atom is -0.490 e. The van der Waals surface area contributed by atoms with E-state index in [1.165, 1.54) is 30.5 Å². The second-order valence-electron chi connectivity index (χ2n) is 7.68. The maximum Gasteiger partial charge on any atom is 0.319 e. The highest BCUT2D eigenvalue weighted by Crippen LogP contribution is 2.29. The first-order valence-electron chi connectivity index (χ1n) is 9.74. The van der Waals surface area contributed by atoms with Crippen LogP contribution in [0.5, 0.6) is 5.75 Å². The van der Waals surface area contributed by atoms with Crippen LogP contribution in [0.4, 0.5) is 4.79 Å². The van der Waals surface area contributed by atoms with E-state index >= 15 is 0 Å². The highest BCUT2D eigenvalue weighted by atomic mass is 35.5. The van der Waals surface area contributed by atoms with Crippen LogP contribution in [-0.2, 0) is 9.84 Å². The Morgan fingerprint density at radius 3 is 2.52 bits per heavy atom. The van der Waals surface area contributed by atoms with Crippen molar-refractivity contribution in [2.45, 2.75) is 42.7 Å². The van der Waals surface area contributed by atoms with Gasteiger partial charge in [-0.1, -0.05) is 11.6 Å². The Hall–Kier alpha value is -2.56. The third-order valence-electron chi connectivity index (χ3n) is 5.11. The number of nitrogens with one attached hydrogen (secondary N) is 1. The van der Waals surface area contributed by atoms with Crippen molar-refractivity contribution in [3.63, 3.8) is 0 Å². The average Bonchev–Trinajstić information content (AvgIpc) is 2.68. The molecule has 1 aromatic rings. The second-order valence-corrected chi connectivity index (χ2v) is 10.2. The molecule has 0 bridgehead atoms. The van der Waals surface area contributed by atoms with Crippen molar-refractivity contribution in [2.75, 3.05) is 12.8 Å². The summed E-state index contributed by atoms with van der Waals surface area (Å²) >= 11 is 6.04. The van der Waals surface area contributed by atoms with Crippen LogP contribution in [0.3, 0.4) is 0 Å². The average molecular weight is 469 g/mol. The van der Waals surface area contributed by atoms with Gasteiger partial charge in [0.15, 0.2) is 9.84 Å². The van der Waals surface area contributed by atoms with Gasteiger partial charge in [0.05, 0.1) is 28.8 Å². The number of allylic oxidation sites excluding steroid dienone is 1. The first kappa shape index (κ1) is 23.1. The van der Waals surface area contributed by atoms with Gasteiger partial charge in [-0.25, -0.2) is 13.2 Å². The van der Waals surface area contributed by atoms with Crippen molar-refractivity contribution in [3.8, 4) is 5.75 Å². The number of carbonyl (C=O) groups is 2. The van der Waals surface area contributed by atoms with Crippen LogP contribution in [0.15, 0.2) is 46.1 Å².